The first-order valence-corrected chi connectivity index (χ1v) is 6.26. The van der Waals surface area contributed by atoms with Crippen LogP contribution in [0.15, 0.2) is 24.3 Å². The Kier molecular flexibility index (Phi) is 4.32. The normalized spacial score (nSPS) is 15.9. The van der Waals surface area contributed by atoms with Gasteiger partial charge < -0.3 is 14.9 Å². The smallest absolute Gasteiger partial charge is 0.123 e. The summed E-state index contributed by atoms with van der Waals surface area (Å²) in [6.07, 6.45) is 2.37. The van der Waals surface area contributed by atoms with E-state index in [1.54, 1.807) is 12.1 Å². The number of halogens is 1. The molecule has 1 aromatic carbocycles. The monoisotopic (exact) mass is 254 g/mol. The lowest BCUT2D eigenvalue weighted by atomic mass is 9.82. The van der Waals surface area contributed by atoms with Crippen molar-refractivity contribution in [1.82, 2.24) is 0 Å². The summed E-state index contributed by atoms with van der Waals surface area (Å²) in [5.74, 6) is 0.244. The molecule has 2 N–H and O–H groups in total. The zero-order valence-corrected chi connectivity index (χ0v) is 10.3. The van der Waals surface area contributed by atoms with Crippen molar-refractivity contribution in [3.05, 3.63) is 35.6 Å². The summed E-state index contributed by atoms with van der Waals surface area (Å²) in [5, 5.41) is 19.1. The second-order valence-electron chi connectivity index (χ2n) is 5.07. The zero-order chi connectivity index (χ0) is 13.0. The minimum Gasteiger partial charge on any atom is -0.395 e. The van der Waals surface area contributed by atoms with Crippen LogP contribution in [0.3, 0.4) is 0 Å². The van der Waals surface area contributed by atoms with E-state index in [0.717, 1.165) is 0 Å². The first-order chi connectivity index (χ1) is 8.70. The number of aliphatic hydroxyl groups is 2. The second kappa shape index (κ2) is 5.78. The summed E-state index contributed by atoms with van der Waals surface area (Å²) in [7, 11) is 0. The van der Waals surface area contributed by atoms with Crippen LogP contribution < -0.4 is 0 Å². The molecule has 3 nitrogen and oxygen atoms in total. The summed E-state index contributed by atoms with van der Waals surface area (Å²) >= 11 is 0. The Morgan fingerprint density at radius 1 is 1.28 bits per heavy atom. The van der Waals surface area contributed by atoms with Gasteiger partial charge in [-0.25, -0.2) is 4.39 Å². The maximum absolute atomic E-state index is 13.2. The highest BCUT2D eigenvalue weighted by atomic mass is 19.1. The van der Waals surface area contributed by atoms with E-state index in [1.807, 2.05) is 0 Å². The van der Waals surface area contributed by atoms with Gasteiger partial charge in [0.1, 0.15) is 5.82 Å². The minimum atomic E-state index is -0.920. The largest absolute Gasteiger partial charge is 0.395 e. The summed E-state index contributed by atoms with van der Waals surface area (Å²) in [6, 6.07) is 5.96. The van der Waals surface area contributed by atoms with Gasteiger partial charge in [0, 0.05) is 6.61 Å². The van der Waals surface area contributed by atoms with Crippen molar-refractivity contribution in [2.75, 3.05) is 26.4 Å². The molecule has 4 heteroatoms. The van der Waals surface area contributed by atoms with E-state index in [-0.39, 0.29) is 25.6 Å². The molecule has 0 bridgehead atoms. The van der Waals surface area contributed by atoms with Gasteiger partial charge in [0.15, 0.2) is 0 Å². The van der Waals surface area contributed by atoms with E-state index in [1.165, 1.54) is 25.0 Å². The molecule has 1 aliphatic rings. The fourth-order valence-electron chi connectivity index (χ4n) is 1.93. The highest BCUT2D eigenvalue weighted by Gasteiger charge is 2.33. The number of hydrogen-bond donors (Lipinski definition) is 2. The van der Waals surface area contributed by atoms with Crippen molar-refractivity contribution < 1.29 is 19.3 Å². The van der Waals surface area contributed by atoms with Crippen molar-refractivity contribution in [2.45, 2.75) is 18.3 Å². The van der Waals surface area contributed by atoms with Crippen LogP contribution in [0.2, 0.25) is 0 Å². The van der Waals surface area contributed by atoms with E-state index in [4.69, 9.17) is 4.74 Å². The molecule has 1 saturated carbocycles. The predicted octanol–water partition coefficient (Wildman–Crippen LogP) is 1.47. The van der Waals surface area contributed by atoms with Gasteiger partial charge in [-0.15, -0.1) is 0 Å². The standard InChI is InChI=1S/C14H19FO3/c15-13-3-1-2-12(6-13)14(8-16,9-17)10-18-7-11-4-5-11/h1-3,6,11,16-17H,4-5,7-10H2. The van der Waals surface area contributed by atoms with Crippen LogP contribution in [0.25, 0.3) is 0 Å². The average Bonchev–Trinajstić information content (AvgIpc) is 3.19. The van der Waals surface area contributed by atoms with Gasteiger partial charge >= 0.3 is 0 Å². The molecule has 2 rings (SSSR count). The van der Waals surface area contributed by atoms with Gasteiger partial charge in [-0.2, -0.15) is 0 Å². The molecule has 0 aromatic heterocycles. The third kappa shape index (κ3) is 3.07. The predicted molar refractivity (Wildman–Crippen MR) is 65.8 cm³/mol. The lowest BCUT2D eigenvalue weighted by Crippen LogP contribution is -2.40. The summed E-state index contributed by atoms with van der Waals surface area (Å²) in [6.45, 7) is 0.326. The van der Waals surface area contributed by atoms with Gasteiger partial charge in [0.25, 0.3) is 0 Å². The zero-order valence-electron chi connectivity index (χ0n) is 10.3. The second-order valence-corrected chi connectivity index (χ2v) is 5.07. The lowest BCUT2D eigenvalue weighted by molar-refractivity contribution is 0.0163. The fraction of sp³-hybridized carbons (Fsp3) is 0.571. The van der Waals surface area contributed by atoms with Crippen LogP contribution >= 0.6 is 0 Å². The summed E-state index contributed by atoms with van der Waals surface area (Å²) in [4.78, 5) is 0. The highest BCUT2D eigenvalue weighted by molar-refractivity contribution is 5.26. The van der Waals surface area contributed by atoms with Gasteiger partial charge in [-0.3, -0.25) is 0 Å². The molecule has 1 fully saturated rings. The van der Waals surface area contributed by atoms with E-state index in [9.17, 15) is 14.6 Å². The maximum Gasteiger partial charge on any atom is 0.123 e. The van der Waals surface area contributed by atoms with Crippen LogP contribution in [0.1, 0.15) is 18.4 Å². The van der Waals surface area contributed by atoms with Crippen molar-refractivity contribution in [2.24, 2.45) is 5.92 Å². The molecule has 0 saturated heterocycles. The molecule has 0 spiro atoms. The van der Waals surface area contributed by atoms with Crippen molar-refractivity contribution in [3.63, 3.8) is 0 Å². The van der Waals surface area contributed by atoms with E-state index >= 15 is 0 Å². The average molecular weight is 254 g/mol. The highest BCUT2D eigenvalue weighted by Crippen LogP contribution is 2.30. The van der Waals surface area contributed by atoms with Crippen LogP contribution in [0.4, 0.5) is 4.39 Å². The third-order valence-corrected chi connectivity index (χ3v) is 3.47. The van der Waals surface area contributed by atoms with E-state index in [0.29, 0.717) is 18.1 Å². The van der Waals surface area contributed by atoms with E-state index < -0.39 is 5.41 Å². The van der Waals surface area contributed by atoms with Gasteiger partial charge in [-0.05, 0) is 36.5 Å². The first kappa shape index (κ1) is 13.5. The number of ether oxygens (including phenoxy) is 1. The molecule has 1 aromatic rings. The molecule has 0 amide bonds. The molecule has 0 heterocycles. The van der Waals surface area contributed by atoms with Gasteiger partial charge in [-0.1, -0.05) is 12.1 Å². The molecule has 0 atom stereocenters. The Hall–Kier alpha value is -0.970. The Morgan fingerprint density at radius 2 is 2.00 bits per heavy atom. The van der Waals surface area contributed by atoms with Gasteiger partial charge in [0.2, 0.25) is 0 Å². The molecule has 1 aliphatic carbocycles. The maximum atomic E-state index is 13.2. The van der Waals surface area contributed by atoms with Crippen molar-refractivity contribution >= 4 is 0 Å². The Bertz CT molecular complexity index is 386. The molecule has 100 valence electrons. The topological polar surface area (TPSA) is 49.7 Å². The Balaban J connectivity index is 2.08. The van der Waals surface area contributed by atoms with E-state index in [2.05, 4.69) is 0 Å². The van der Waals surface area contributed by atoms with Crippen LogP contribution in [0, 0.1) is 11.7 Å². The van der Waals surface area contributed by atoms with Crippen LogP contribution in [-0.4, -0.2) is 36.6 Å². The van der Waals surface area contributed by atoms with Crippen molar-refractivity contribution in [1.29, 1.82) is 0 Å². The van der Waals surface area contributed by atoms with Crippen molar-refractivity contribution in [3.8, 4) is 0 Å². The molecule has 0 aliphatic heterocycles. The fourth-order valence-corrected chi connectivity index (χ4v) is 1.93. The SMILES string of the molecule is OCC(CO)(COCC1CC1)c1cccc(F)c1. The molecule has 0 unspecified atom stereocenters. The quantitative estimate of drug-likeness (QED) is 0.775. The first-order valence-electron chi connectivity index (χ1n) is 6.26. The third-order valence-electron chi connectivity index (χ3n) is 3.47. The lowest BCUT2D eigenvalue weighted by Gasteiger charge is -2.30. The van der Waals surface area contributed by atoms with Gasteiger partial charge in [0.05, 0.1) is 25.2 Å². The summed E-state index contributed by atoms with van der Waals surface area (Å²) in [5.41, 5.74) is -0.347. The number of benzene rings is 1. The van der Waals surface area contributed by atoms with Crippen LogP contribution in [-0.2, 0) is 10.2 Å². The number of aliphatic hydroxyl groups excluding tert-OH is 2. The molecular weight excluding hydrogens is 235 g/mol. The molecule has 18 heavy (non-hydrogen) atoms. The number of hydrogen-bond acceptors (Lipinski definition) is 3. The summed E-state index contributed by atoms with van der Waals surface area (Å²) < 4.78 is 18.8. The molecular formula is C14H19FO3. The molecule has 0 radical (unpaired) electrons. The number of rotatable bonds is 7. The Labute approximate surface area is 106 Å². The van der Waals surface area contributed by atoms with Crippen LogP contribution in [0.5, 0.6) is 0 Å². The minimum absolute atomic E-state index is 0.208. The Morgan fingerprint density at radius 3 is 2.56 bits per heavy atom.